The largest absolute Gasteiger partial charge is 0.482 e. The van der Waals surface area contributed by atoms with Gasteiger partial charge in [-0.2, -0.15) is 0 Å². The van der Waals surface area contributed by atoms with E-state index in [2.05, 4.69) is 5.32 Å². The number of hydrogen-bond acceptors (Lipinski definition) is 3. The third-order valence-corrected chi connectivity index (χ3v) is 4.17. The summed E-state index contributed by atoms with van der Waals surface area (Å²) in [6, 6.07) is 20.4. The van der Waals surface area contributed by atoms with Crippen molar-refractivity contribution in [3.8, 4) is 5.75 Å². The van der Waals surface area contributed by atoms with Crippen molar-refractivity contribution in [3.63, 3.8) is 0 Å². The van der Waals surface area contributed by atoms with Crippen molar-refractivity contribution >= 4 is 45.1 Å². The Kier molecular flexibility index (Phi) is 4.04. The molecule has 0 saturated heterocycles. The van der Waals surface area contributed by atoms with Gasteiger partial charge in [-0.05, 0) is 36.4 Å². The Morgan fingerprint density at radius 2 is 1.72 bits per heavy atom. The van der Waals surface area contributed by atoms with Crippen LogP contribution in [0.1, 0.15) is 0 Å². The SMILES string of the molecule is O=C(COc1ccccc1Cl)Nc1ccc2oc3ccccc3c2c1. The molecule has 0 spiro atoms. The van der Waals surface area contributed by atoms with Crippen LogP contribution in [0.4, 0.5) is 5.69 Å². The number of nitrogens with one attached hydrogen (secondary N) is 1. The van der Waals surface area contributed by atoms with Gasteiger partial charge in [0, 0.05) is 16.5 Å². The molecule has 0 radical (unpaired) electrons. The van der Waals surface area contributed by atoms with Gasteiger partial charge in [-0.1, -0.05) is 41.9 Å². The van der Waals surface area contributed by atoms with E-state index in [0.29, 0.717) is 16.5 Å². The Labute approximate surface area is 149 Å². The van der Waals surface area contributed by atoms with Crippen molar-refractivity contribution < 1.29 is 13.9 Å². The molecule has 3 aromatic carbocycles. The fraction of sp³-hybridized carbons (Fsp3) is 0.0500. The number of para-hydroxylation sites is 2. The maximum absolute atomic E-state index is 12.1. The smallest absolute Gasteiger partial charge is 0.262 e. The normalized spacial score (nSPS) is 10.9. The second-order valence-electron chi connectivity index (χ2n) is 5.58. The lowest BCUT2D eigenvalue weighted by Crippen LogP contribution is -2.20. The van der Waals surface area contributed by atoms with Gasteiger partial charge < -0.3 is 14.5 Å². The summed E-state index contributed by atoms with van der Waals surface area (Å²) in [5, 5.41) is 5.28. The molecule has 4 nitrogen and oxygen atoms in total. The molecule has 124 valence electrons. The zero-order chi connectivity index (χ0) is 17.2. The monoisotopic (exact) mass is 351 g/mol. The molecule has 0 bridgehead atoms. The lowest BCUT2D eigenvalue weighted by Gasteiger charge is -2.08. The van der Waals surface area contributed by atoms with Crippen molar-refractivity contribution in [2.45, 2.75) is 0 Å². The van der Waals surface area contributed by atoms with E-state index in [1.165, 1.54) is 0 Å². The van der Waals surface area contributed by atoms with Crippen LogP contribution in [-0.2, 0) is 4.79 Å². The predicted octanol–water partition coefficient (Wildman–Crippen LogP) is 5.26. The van der Waals surface area contributed by atoms with Crippen LogP contribution in [0.3, 0.4) is 0 Å². The average Bonchev–Trinajstić information content (AvgIpc) is 2.99. The van der Waals surface area contributed by atoms with Gasteiger partial charge in [0.2, 0.25) is 0 Å². The lowest BCUT2D eigenvalue weighted by atomic mass is 10.1. The van der Waals surface area contributed by atoms with Crippen LogP contribution in [0.5, 0.6) is 5.75 Å². The summed E-state index contributed by atoms with van der Waals surface area (Å²) in [5.41, 5.74) is 2.29. The van der Waals surface area contributed by atoms with E-state index in [4.69, 9.17) is 20.8 Å². The number of ether oxygens (including phenoxy) is 1. The van der Waals surface area contributed by atoms with Crippen LogP contribution >= 0.6 is 11.6 Å². The number of rotatable bonds is 4. The Bertz CT molecular complexity index is 1070. The molecular formula is C20H14ClNO3. The number of carbonyl (C=O) groups excluding carboxylic acids is 1. The molecule has 1 amide bonds. The molecular weight excluding hydrogens is 338 g/mol. The molecule has 1 heterocycles. The van der Waals surface area contributed by atoms with Crippen LogP contribution in [0.2, 0.25) is 5.02 Å². The van der Waals surface area contributed by atoms with Crippen LogP contribution in [0.25, 0.3) is 21.9 Å². The van der Waals surface area contributed by atoms with Gasteiger partial charge >= 0.3 is 0 Å². The second-order valence-corrected chi connectivity index (χ2v) is 5.98. The molecule has 0 aliphatic heterocycles. The Morgan fingerprint density at radius 3 is 2.60 bits per heavy atom. The highest BCUT2D eigenvalue weighted by molar-refractivity contribution is 6.32. The summed E-state index contributed by atoms with van der Waals surface area (Å²) in [4.78, 5) is 12.1. The number of fused-ring (bicyclic) bond motifs is 3. The van der Waals surface area contributed by atoms with Gasteiger partial charge in [0.25, 0.3) is 5.91 Å². The molecule has 4 aromatic rings. The van der Waals surface area contributed by atoms with Gasteiger partial charge in [0.05, 0.1) is 5.02 Å². The highest BCUT2D eigenvalue weighted by Crippen LogP contribution is 2.30. The molecule has 0 unspecified atom stereocenters. The Balaban J connectivity index is 1.51. The molecule has 0 atom stereocenters. The minimum Gasteiger partial charge on any atom is -0.482 e. The van der Waals surface area contributed by atoms with Crippen LogP contribution in [0.15, 0.2) is 71.1 Å². The first-order chi connectivity index (χ1) is 12.2. The number of amides is 1. The molecule has 25 heavy (non-hydrogen) atoms. The van der Waals surface area contributed by atoms with E-state index in [9.17, 15) is 4.79 Å². The second kappa shape index (κ2) is 6.49. The Hall–Kier alpha value is -2.98. The highest BCUT2D eigenvalue weighted by atomic mass is 35.5. The first-order valence-corrected chi connectivity index (χ1v) is 8.17. The fourth-order valence-corrected chi connectivity index (χ4v) is 2.90. The maximum atomic E-state index is 12.1. The van der Waals surface area contributed by atoms with Gasteiger partial charge in [-0.15, -0.1) is 0 Å². The zero-order valence-corrected chi connectivity index (χ0v) is 13.9. The van der Waals surface area contributed by atoms with E-state index in [0.717, 1.165) is 21.9 Å². The molecule has 5 heteroatoms. The van der Waals surface area contributed by atoms with E-state index in [-0.39, 0.29) is 12.5 Å². The minimum atomic E-state index is -0.257. The molecule has 1 aromatic heterocycles. The quantitative estimate of drug-likeness (QED) is 0.545. The summed E-state index contributed by atoms with van der Waals surface area (Å²) in [6.45, 7) is -0.117. The predicted molar refractivity (Wildman–Crippen MR) is 99.3 cm³/mol. The van der Waals surface area contributed by atoms with Crippen molar-refractivity contribution in [2.24, 2.45) is 0 Å². The summed E-state index contributed by atoms with van der Waals surface area (Å²) >= 11 is 6.01. The number of halogens is 1. The first-order valence-electron chi connectivity index (χ1n) is 7.79. The number of benzene rings is 3. The molecule has 1 N–H and O–H groups in total. The molecule has 0 aliphatic carbocycles. The maximum Gasteiger partial charge on any atom is 0.262 e. The first kappa shape index (κ1) is 15.5. The molecule has 0 aliphatic rings. The van der Waals surface area contributed by atoms with E-state index >= 15 is 0 Å². The van der Waals surface area contributed by atoms with Crippen molar-refractivity contribution in [1.29, 1.82) is 0 Å². The molecule has 0 saturated carbocycles. The van der Waals surface area contributed by atoms with Gasteiger partial charge in [0.1, 0.15) is 16.9 Å². The standard InChI is InChI=1S/C20H14ClNO3/c21-16-6-2-4-8-19(16)24-12-20(23)22-13-9-10-18-15(11-13)14-5-1-3-7-17(14)25-18/h1-11H,12H2,(H,22,23). The van der Waals surface area contributed by atoms with Crippen molar-refractivity contribution in [1.82, 2.24) is 0 Å². The number of carbonyl (C=O) groups is 1. The number of hydrogen-bond donors (Lipinski definition) is 1. The summed E-state index contributed by atoms with van der Waals surface area (Å²) < 4.78 is 11.2. The van der Waals surface area contributed by atoms with Crippen molar-refractivity contribution in [3.05, 3.63) is 71.8 Å². The number of furan rings is 1. The van der Waals surface area contributed by atoms with Gasteiger partial charge in [-0.25, -0.2) is 0 Å². The van der Waals surface area contributed by atoms with Crippen molar-refractivity contribution in [2.75, 3.05) is 11.9 Å². The summed E-state index contributed by atoms with van der Waals surface area (Å²) in [5.74, 6) is 0.225. The van der Waals surface area contributed by atoms with E-state index in [1.54, 1.807) is 30.3 Å². The third kappa shape index (κ3) is 3.16. The van der Waals surface area contributed by atoms with Crippen LogP contribution in [0, 0.1) is 0 Å². The summed E-state index contributed by atoms with van der Waals surface area (Å²) in [7, 11) is 0. The molecule has 0 fully saturated rings. The average molecular weight is 352 g/mol. The summed E-state index contributed by atoms with van der Waals surface area (Å²) in [6.07, 6.45) is 0. The van der Waals surface area contributed by atoms with E-state index < -0.39 is 0 Å². The highest BCUT2D eigenvalue weighted by Gasteiger charge is 2.09. The zero-order valence-electron chi connectivity index (χ0n) is 13.2. The molecule has 4 rings (SSSR count). The van der Waals surface area contributed by atoms with Crippen LogP contribution < -0.4 is 10.1 Å². The van der Waals surface area contributed by atoms with Gasteiger partial charge in [-0.3, -0.25) is 4.79 Å². The van der Waals surface area contributed by atoms with Crippen LogP contribution in [-0.4, -0.2) is 12.5 Å². The van der Waals surface area contributed by atoms with E-state index in [1.807, 2.05) is 36.4 Å². The fourth-order valence-electron chi connectivity index (χ4n) is 2.71. The lowest BCUT2D eigenvalue weighted by molar-refractivity contribution is -0.118. The topological polar surface area (TPSA) is 51.5 Å². The Morgan fingerprint density at radius 1 is 0.960 bits per heavy atom. The third-order valence-electron chi connectivity index (χ3n) is 3.86. The number of anilines is 1. The van der Waals surface area contributed by atoms with Gasteiger partial charge in [0.15, 0.2) is 6.61 Å². The minimum absolute atomic E-state index is 0.117.